The molecular formula is C24H24F7N3O3S. The van der Waals surface area contributed by atoms with E-state index in [0.717, 1.165) is 36.2 Å². The molecule has 4 rings (SSSR count). The number of nitrogens with zero attached hydrogens (tertiary/aromatic N) is 3. The number of halogens is 7. The number of amides is 1. The van der Waals surface area contributed by atoms with Crippen LogP contribution in [0.5, 0.6) is 0 Å². The molecule has 0 N–H and O–H groups in total. The standard InChI is InChI=1S/C24H24F7N3O3S/c1-15(35)33(21-12-17(24(29,30)31)11-18(25)14-21)32-9-7-20(8-10-32)34(19-5-6-19)38(36,37)22-4-2-3-16(13-22)23(26,27)28/h2-4,11-14,19-20H,5-10H2,1H3. The number of rotatable bonds is 6. The van der Waals surface area contributed by atoms with Gasteiger partial charge in [0, 0.05) is 32.1 Å². The second-order valence-electron chi connectivity index (χ2n) is 9.30. The third-order valence-electron chi connectivity index (χ3n) is 6.48. The van der Waals surface area contributed by atoms with Gasteiger partial charge in [-0.2, -0.15) is 30.6 Å². The van der Waals surface area contributed by atoms with E-state index >= 15 is 0 Å². The van der Waals surface area contributed by atoms with E-state index in [0.29, 0.717) is 31.0 Å². The quantitative estimate of drug-likeness (QED) is 0.436. The van der Waals surface area contributed by atoms with Crippen molar-refractivity contribution in [1.29, 1.82) is 0 Å². The zero-order valence-electron chi connectivity index (χ0n) is 20.1. The van der Waals surface area contributed by atoms with E-state index in [1.807, 2.05) is 0 Å². The highest BCUT2D eigenvalue weighted by atomic mass is 32.2. The fourth-order valence-corrected chi connectivity index (χ4v) is 6.66. The molecular weight excluding hydrogens is 543 g/mol. The lowest BCUT2D eigenvalue weighted by Gasteiger charge is -2.42. The second-order valence-corrected chi connectivity index (χ2v) is 11.1. The molecule has 2 aliphatic rings. The third-order valence-corrected chi connectivity index (χ3v) is 8.48. The van der Waals surface area contributed by atoms with E-state index in [1.165, 1.54) is 9.31 Å². The van der Waals surface area contributed by atoms with Crippen molar-refractivity contribution in [2.24, 2.45) is 0 Å². The van der Waals surface area contributed by atoms with Crippen LogP contribution in [0.4, 0.5) is 36.4 Å². The number of sulfonamides is 1. The number of benzene rings is 2. The Labute approximate surface area is 214 Å². The van der Waals surface area contributed by atoms with Gasteiger partial charge in [-0.15, -0.1) is 0 Å². The van der Waals surface area contributed by atoms with Crippen LogP contribution in [0.1, 0.15) is 43.7 Å². The summed E-state index contributed by atoms with van der Waals surface area (Å²) in [6, 6.07) is 4.31. The average Bonchev–Trinajstić information content (AvgIpc) is 3.63. The fraction of sp³-hybridized carbons (Fsp3) is 0.458. The molecule has 1 amide bonds. The number of alkyl halides is 6. The molecule has 1 saturated carbocycles. The molecule has 208 valence electrons. The molecule has 0 radical (unpaired) electrons. The van der Waals surface area contributed by atoms with Gasteiger partial charge in [-0.25, -0.2) is 22.8 Å². The summed E-state index contributed by atoms with van der Waals surface area (Å²) in [4.78, 5) is 11.9. The number of hydrazine groups is 1. The monoisotopic (exact) mass is 567 g/mol. The topological polar surface area (TPSA) is 60.9 Å². The SMILES string of the molecule is CC(=O)N(c1cc(F)cc(C(F)(F)F)c1)N1CCC(N(C2CC2)S(=O)(=O)c2cccc(C(F)(F)F)c2)CC1. The van der Waals surface area contributed by atoms with Crippen LogP contribution in [0.15, 0.2) is 47.4 Å². The van der Waals surface area contributed by atoms with Crippen LogP contribution < -0.4 is 5.01 Å². The highest BCUT2D eigenvalue weighted by Gasteiger charge is 2.45. The number of piperidine rings is 1. The molecule has 2 fully saturated rings. The van der Waals surface area contributed by atoms with Gasteiger partial charge < -0.3 is 0 Å². The predicted molar refractivity (Wildman–Crippen MR) is 123 cm³/mol. The van der Waals surface area contributed by atoms with Crippen LogP contribution in [0.25, 0.3) is 0 Å². The maximum Gasteiger partial charge on any atom is 0.416 e. The number of hydrogen-bond acceptors (Lipinski definition) is 4. The maximum atomic E-state index is 14.0. The zero-order valence-corrected chi connectivity index (χ0v) is 20.9. The van der Waals surface area contributed by atoms with Crippen LogP contribution in [0.3, 0.4) is 0 Å². The Morgan fingerprint density at radius 3 is 1.97 bits per heavy atom. The molecule has 1 aliphatic carbocycles. The van der Waals surface area contributed by atoms with E-state index in [4.69, 9.17) is 0 Å². The first-order chi connectivity index (χ1) is 17.6. The summed E-state index contributed by atoms with van der Waals surface area (Å²) in [7, 11) is -4.29. The zero-order chi connectivity index (χ0) is 28.0. The summed E-state index contributed by atoms with van der Waals surface area (Å²) in [5.41, 5.74) is -2.67. The molecule has 38 heavy (non-hydrogen) atoms. The van der Waals surface area contributed by atoms with Crippen molar-refractivity contribution >= 4 is 21.6 Å². The Balaban J connectivity index is 1.57. The summed E-state index contributed by atoms with van der Waals surface area (Å²) in [5, 5.41) is 2.34. The Morgan fingerprint density at radius 2 is 1.45 bits per heavy atom. The predicted octanol–water partition coefficient (Wildman–Crippen LogP) is 5.45. The number of anilines is 1. The molecule has 2 aromatic carbocycles. The second kappa shape index (κ2) is 10.1. The van der Waals surface area contributed by atoms with Crippen molar-refractivity contribution in [3.8, 4) is 0 Å². The lowest BCUT2D eigenvalue weighted by atomic mass is 10.1. The highest BCUT2D eigenvalue weighted by molar-refractivity contribution is 7.89. The first kappa shape index (κ1) is 28.3. The first-order valence-electron chi connectivity index (χ1n) is 11.7. The minimum Gasteiger partial charge on any atom is -0.273 e. The minimum atomic E-state index is -4.84. The molecule has 6 nitrogen and oxygen atoms in total. The van der Waals surface area contributed by atoms with Gasteiger partial charge >= 0.3 is 12.4 Å². The molecule has 0 aromatic heterocycles. The van der Waals surface area contributed by atoms with Gasteiger partial charge in [0.05, 0.1) is 21.7 Å². The van der Waals surface area contributed by atoms with Gasteiger partial charge in [-0.3, -0.25) is 4.79 Å². The van der Waals surface area contributed by atoms with Crippen LogP contribution in [0, 0.1) is 5.82 Å². The normalized spacial score (nSPS) is 18.1. The largest absolute Gasteiger partial charge is 0.416 e. The Hall–Kier alpha value is -2.71. The summed E-state index contributed by atoms with van der Waals surface area (Å²) < 4.78 is 121. The van der Waals surface area contributed by atoms with E-state index in [2.05, 4.69) is 0 Å². The third kappa shape index (κ3) is 5.96. The van der Waals surface area contributed by atoms with E-state index < -0.39 is 56.2 Å². The van der Waals surface area contributed by atoms with E-state index in [1.54, 1.807) is 0 Å². The van der Waals surface area contributed by atoms with Crippen molar-refractivity contribution in [2.45, 2.75) is 61.9 Å². The van der Waals surface area contributed by atoms with Crippen LogP contribution >= 0.6 is 0 Å². The van der Waals surface area contributed by atoms with Crippen molar-refractivity contribution in [3.63, 3.8) is 0 Å². The van der Waals surface area contributed by atoms with Crippen LogP contribution in [-0.2, 0) is 27.2 Å². The van der Waals surface area contributed by atoms with E-state index in [-0.39, 0.29) is 37.7 Å². The fourth-order valence-electron chi connectivity index (χ4n) is 4.69. The van der Waals surface area contributed by atoms with Crippen molar-refractivity contribution in [2.75, 3.05) is 18.1 Å². The Kier molecular flexibility index (Phi) is 7.53. The lowest BCUT2D eigenvalue weighted by Crippen LogP contribution is -2.54. The molecule has 0 spiro atoms. The van der Waals surface area contributed by atoms with Gasteiger partial charge in [-0.05, 0) is 62.1 Å². The first-order valence-corrected chi connectivity index (χ1v) is 13.2. The van der Waals surface area contributed by atoms with Gasteiger partial charge in [0.2, 0.25) is 15.9 Å². The number of carbonyl (C=O) groups is 1. The maximum absolute atomic E-state index is 14.0. The molecule has 0 bridgehead atoms. The average molecular weight is 568 g/mol. The Morgan fingerprint density at radius 1 is 0.868 bits per heavy atom. The molecule has 0 unspecified atom stereocenters. The number of hydrogen-bond donors (Lipinski definition) is 0. The van der Waals surface area contributed by atoms with Crippen molar-refractivity contribution in [1.82, 2.24) is 9.31 Å². The summed E-state index contributed by atoms with van der Waals surface area (Å²) in [6.07, 6.45) is -8.17. The smallest absolute Gasteiger partial charge is 0.273 e. The van der Waals surface area contributed by atoms with Crippen LogP contribution in [0.2, 0.25) is 0 Å². The molecule has 1 saturated heterocycles. The molecule has 0 atom stereocenters. The molecule has 2 aromatic rings. The Bertz CT molecular complexity index is 1300. The van der Waals surface area contributed by atoms with Crippen molar-refractivity contribution < 1.29 is 43.9 Å². The minimum absolute atomic E-state index is 0.0451. The highest BCUT2D eigenvalue weighted by Crippen LogP contribution is 2.39. The summed E-state index contributed by atoms with van der Waals surface area (Å²) >= 11 is 0. The van der Waals surface area contributed by atoms with Gasteiger partial charge in [0.1, 0.15) is 5.82 Å². The van der Waals surface area contributed by atoms with Crippen LogP contribution in [-0.4, -0.2) is 48.8 Å². The van der Waals surface area contributed by atoms with Gasteiger partial charge in [0.25, 0.3) is 0 Å². The number of carbonyl (C=O) groups excluding carboxylic acids is 1. The molecule has 1 heterocycles. The molecule has 1 aliphatic heterocycles. The molecule has 14 heteroatoms. The lowest BCUT2D eigenvalue weighted by molar-refractivity contribution is -0.138. The summed E-state index contributed by atoms with van der Waals surface area (Å²) in [5.74, 6) is -1.85. The van der Waals surface area contributed by atoms with E-state index in [9.17, 15) is 43.9 Å². The van der Waals surface area contributed by atoms with Gasteiger partial charge in [0.15, 0.2) is 0 Å². The van der Waals surface area contributed by atoms with Gasteiger partial charge in [-0.1, -0.05) is 6.07 Å². The van der Waals surface area contributed by atoms with Crippen molar-refractivity contribution in [3.05, 3.63) is 59.4 Å². The summed E-state index contributed by atoms with van der Waals surface area (Å²) in [6.45, 7) is 1.20.